The first-order chi connectivity index (χ1) is 14.0. The Balaban J connectivity index is 1.81. The number of hydrogen-bond acceptors (Lipinski definition) is 5. The van der Waals surface area contributed by atoms with Crippen molar-refractivity contribution in [1.29, 1.82) is 0 Å². The van der Waals surface area contributed by atoms with E-state index in [0.717, 1.165) is 5.56 Å². The van der Waals surface area contributed by atoms with Crippen LogP contribution in [-0.2, 0) is 4.79 Å². The van der Waals surface area contributed by atoms with Crippen LogP contribution in [0, 0.1) is 0 Å². The molecule has 2 N–H and O–H groups in total. The minimum absolute atomic E-state index is 0.210. The summed E-state index contributed by atoms with van der Waals surface area (Å²) in [4.78, 5) is 28.4. The zero-order chi connectivity index (χ0) is 20.8. The van der Waals surface area contributed by atoms with Crippen LogP contribution in [-0.4, -0.2) is 28.6 Å². The number of thiazole rings is 1. The lowest BCUT2D eigenvalue weighted by atomic mass is 10.0. The molecule has 0 aliphatic heterocycles. The van der Waals surface area contributed by atoms with Crippen LogP contribution in [0.2, 0.25) is 5.02 Å². The third kappa shape index (κ3) is 5.34. The zero-order valence-corrected chi connectivity index (χ0v) is 17.2. The van der Waals surface area contributed by atoms with Crippen molar-refractivity contribution < 1.29 is 19.4 Å². The van der Waals surface area contributed by atoms with Gasteiger partial charge in [-0.1, -0.05) is 41.9 Å². The average molecular weight is 431 g/mol. The Morgan fingerprint density at radius 2 is 2.03 bits per heavy atom. The topological polar surface area (TPSA) is 88.5 Å². The van der Waals surface area contributed by atoms with Crippen LogP contribution in [0.15, 0.2) is 53.9 Å². The van der Waals surface area contributed by atoms with Gasteiger partial charge in [0.05, 0.1) is 24.1 Å². The molecule has 1 atom stereocenters. The van der Waals surface area contributed by atoms with Gasteiger partial charge in [-0.3, -0.25) is 9.59 Å². The highest BCUT2D eigenvalue weighted by Crippen LogP contribution is 2.30. The lowest BCUT2D eigenvalue weighted by molar-refractivity contribution is -0.137. The molecular weight excluding hydrogens is 412 g/mol. The van der Waals surface area contributed by atoms with Gasteiger partial charge in [0, 0.05) is 10.9 Å². The molecule has 2 aromatic carbocycles. The number of rotatable bonds is 8. The van der Waals surface area contributed by atoms with E-state index in [2.05, 4.69) is 10.3 Å². The van der Waals surface area contributed by atoms with Crippen molar-refractivity contribution in [1.82, 2.24) is 10.3 Å². The van der Waals surface area contributed by atoms with Crippen molar-refractivity contribution in [2.24, 2.45) is 0 Å². The van der Waals surface area contributed by atoms with E-state index in [9.17, 15) is 14.7 Å². The third-order valence-electron chi connectivity index (χ3n) is 4.10. The number of benzene rings is 2. The van der Waals surface area contributed by atoms with E-state index < -0.39 is 17.9 Å². The Bertz CT molecular complexity index is 1020. The molecule has 29 heavy (non-hydrogen) atoms. The zero-order valence-electron chi connectivity index (χ0n) is 15.6. The molecule has 0 saturated heterocycles. The molecule has 0 saturated carbocycles. The summed E-state index contributed by atoms with van der Waals surface area (Å²) < 4.78 is 5.47. The maximum Gasteiger partial charge on any atom is 0.305 e. The summed E-state index contributed by atoms with van der Waals surface area (Å²) in [7, 11) is 0. The Labute approximate surface area is 177 Å². The number of amides is 1. The standard InChI is InChI=1S/C21H19ClN2O4S/c1-2-28-14-7-5-6-13(10-14)17(11-19(25)26)23-20(27)18-12-29-21(24-18)15-8-3-4-9-16(15)22/h3-10,12,17H,2,11H2,1H3,(H,23,27)(H,25,26). The molecule has 1 amide bonds. The Morgan fingerprint density at radius 3 is 2.76 bits per heavy atom. The molecule has 1 heterocycles. The number of halogens is 1. The minimum atomic E-state index is -1.02. The highest BCUT2D eigenvalue weighted by Gasteiger charge is 2.21. The molecule has 8 heteroatoms. The van der Waals surface area contributed by atoms with Gasteiger partial charge in [-0.05, 0) is 30.7 Å². The summed E-state index contributed by atoms with van der Waals surface area (Å²) in [5.41, 5.74) is 1.60. The Morgan fingerprint density at radius 1 is 1.24 bits per heavy atom. The van der Waals surface area contributed by atoms with E-state index in [0.29, 0.717) is 28.0 Å². The second-order valence-electron chi connectivity index (χ2n) is 6.15. The first-order valence-corrected chi connectivity index (χ1v) is 10.2. The normalized spacial score (nSPS) is 11.7. The molecule has 150 valence electrons. The van der Waals surface area contributed by atoms with Gasteiger partial charge in [0.15, 0.2) is 0 Å². The maximum absolute atomic E-state index is 12.7. The number of aliphatic carboxylic acids is 1. The molecule has 1 unspecified atom stereocenters. The molecule has 0 spiro atoms. The first kappa shape index (κ1) is 20.8. The molecule has 6 nitrogen and oxygen atoms in total. The van der Waals surface area contributed by atoms with E-state index >= 15 is 0 Å². The Hall–Kier alpha value is -2.90. The van der Waals surface area contributed by atoms with Crippen LogP contribution < -0.4 is 10.1 Å². The van der Waals surface area contributed by atoms with Crippen molar-refractivity contribution in [3.63, 3.8) is 0 Å². The lowest BCUT2D eigenvalue weighted by Gasteiger charge is -2.17. The van der Waals surface area contributed by atoms with Gasteiger partial charge in [-0.25, -0.2) is 4.98 Å². The van der Waals surface area contributed by atoms with Crippen molar-refractivity contribution in [2.75, 3.05) is 6.61 Å². The number of carbonyl (C=O) groups excluding carboxylic acids is 1. The lowest BCUT2D eigenvalue weighted by Crippen LogP contribution is -2.30. The second kappa shape index (κ2) is 9.54. The molecule has 0 aliphatic carbocycles. The van der Waals surface area contributed by atoms with Gasteiger partial charge >= 0.3 is 5.97 Å². The number of nitrogens with one attached hydrogen (secondary N) is 1. The second-order valence-corrected chi connectivity index (χ2v) is 7.41. The molecule has 0 radical (unpaired) electrons. The number of carboxylic acid groups (broad SMARTS) is 1. The van der Waals surface area contributed by atoms with Crippen molar-refractivity contribution >= 4 is 34.8 Å². The van der Waals surface area contributed by atoms with E-state index in [1.165, 1.54) is 11.3 Å². The smallest absolute Gasteiger partial charge is 0.305 e. The summed E-state index contributed by atoms with van der Waals surface area (Å²) in [6, 6.07) is 13.6. The fourth-order valence-electron chi connectivity index (χ4n) is 2.78. The van der Waals surface area contributed by atoms with Crippen molar-refractivity contribution in [3.8, 4) is 16.3 Å². The van der Waals surface area contributed by atoms with Crippen LogP contribution in [0.4, 0.5) is 0 Å². The van der Waals surface area contributed by atoms with Gasteiger partial charge in [-0.15, -0.1) is 11.3 Å². The average Bonchev–Trinajstić information content (AvgIpc) is 3.18. The highest BCUT2D eigenvalue weighted by atomic mass is 35.5. The molecule has 3 rings (SSSR count). The van der Waals surface area contributed by atoms with Crippen LogP contribution in [0.1, 0.15) is 35.4 Å². The van der Waals surface area contributed by atoms with Crippen molar-refractivity contribution in [2.45, 2.75) is 19.4 Å². The van der Waals surface area contributed by atoms with Crippen LogP contribution in [0.5, 0.6) is 5.75 Å². The number of nitrogens with zero attached hydrogens (tertiary/aromatic N) is 1. The summed E-state index contributed by atoms with van der Waals surface area (Å²) in [5, 5.41) is 14.8. The van der Waals surface area contributed by atoms with Gasteiger partial charge in [0.2, 0.25) is 0 Å². The van der Waals surface area contributed by atoms with E-state index in [1.54, 1.807) is 35.7 Å². The summed E-state index contributed by atoms with van der Waals surface area (Å²) >= 11 is 7.50. The molecular formula is C21H19ClN2O4S. The molecule has 0 fully saturated rings. The number of ether oxygens (including phenoxy) is 1. The SMILES string of the molecule is CCOc1cccc(C(CC(=O)O)NC(=O)c2csc(-c3ccccc3Cl)n2)c1. The van der Waals surface area contributed by atoms with Crippen LogP contribution in [0.3, 0.4) is 0 Å². The maximum atomic E-state index is 12.7. The fraction of sp³-hybridized carbons (Fsp3) is 0.190. The quantitative estimate of drug-likeness (QED) is 0.535. The minimum Gasteiger partial charge on any atom is -0.494 e. The van der Waals surface area contributed by atoms with E-state index in [4.69, 9.17) is 16.3 Å². The van der Waals surface area contributed by atoms with Gasteiger partial charge < -0.3 is 15.2 Å². The first-order valence-electron chi connectivity index (χ1n) is 8.93. The summed E-state index contributed by atoms with van der Waals surface area (Å²) in [6.07, 6.45) is -0.261. The Kier molecular flexibility index (Phi) is 6.85. The van der Waals surface area contributed by atoms with Gasteiger partial charge in [0.25, 0.3) is 5.91 Å². The third-order valence-corrected chi connectivity index (χ3v) is 5.30. The number of aromatic nitrogens is 1. The van der Waals surface area contributed by atoms with E-state index in [1.807, 2.05) is 25.1 Å². The number of hydrogen-bond donors (Lipinski definition) is 2. The highest BCUT2D eigenvalue weighted by molar-refractivity contribution is 7.13. The van der Waals surface area contributed by atoms with Crippen LogP contribution in [0.25, 0.3) is 10.6 Å². The van der Waals surface area contributed by atoms with Crippen LogP contribution >= 0.6 is 22.9 Å². The predicted molar refractivity (Wildman–Crippen MR) is 113 cm³/mol. The van der Waals surface area contributed by atoms with Crippen molar-refractivity contribution in [3.05, 3.63) is 70.2 Å². The molecule has 3 aromatic rings. The fourth-order valence-corrected chi connectivity index (χ4v) is 3.90. The summed E-state index contributed by atoms with van der Waals surface area (Å²) in [6.45, 7) is 2.35. The molecule has 0 aliphatic rings. The number of carboxylic acids is 1. The van der Waals surface area contributed by atoms with Gasteiger partial charge in [-0.2, -0.15) is 0 Å². The molecule has 0 bridgehead atoms. The number of carbonyl (C=O) groups is 2. The van der Waals surface area contributed by atoms with Gasteiger partial charge in [0.1, 0.15) is 16.5 Å². The summed E-state index contributed by atoms with van der Waals surface area (Å²) in [5.74, 6) is -0.857. The molecule has 1 aromatic heterocycles. The largest absolute Gasteiger partial charge is 0.494 e. The predicted octanol–water partition coefficient (Wildman–Crippen LogP) is 4.81. The van der Waals surface area contributed by atoms with E-state index in [-0.39, 0.29) is 12.1 Å². The monoisotopic (exact) mass is 430 g/mol.